The highest BCUT2D eigenvalue weighted by Crippen LogP contribution is 2.30. The molecule has 1 aromatic carbocycles. The molecule has 0 aliphatic carbocycles. The lowest BCUT2D eigenvalue weighted by atomic mass is 10.0. The van der Waals surface area contributed by atoms with Crippen molar-refractivity contribution >= 4 is 17.5 Å². The van der Waals surface area contributed by atoms with Crippen LogP contribution < -0.4 is 4.90 Å². The number of nitrogens with zero attached hydrogens (tertiary/aromatic N) is 4. The van der Waals surface area contributed by atoms with E-state index in [2.05, 4.69) is 9.55 Å². The number of aromatic nitrogens is 2. The molecule has 130 valence electrons. The highest BCUT2D eigenvalue weighted by atomic mass is 16.2. The minimum atomic E-state index is 0.0528. The van der Waals surface area contributed by atoms with Crippen LogP contribution in [0.5, 0.6) is 0 Å². The first-order valence-electron chi connectivity index (χ1n) is 8.81. The minimum Gasteiger partial charge on any atom is -0.337 e. The Morgan fingerprint density at radius 3 is 2.88 bits per heavy atom. The number of hydrogen-bond donors (Lipinski definition) is 0. The average Bonchev–Trinajstić information content (AvgIpc) is 3.30. The molecule has 2 aromatic rings. The van der Waals surface area contributed by atoms with Gasteiger partial charge in [-0.25, -0.2) is 4.98 Å². The molecular formula is C19H22N4O2. The third kappa shape index (κ3) is 2.92. The van der Waals surface area contributed by atoms with Crippen molar-refractivity contribution in [1.29, 1.82) is 0 Å². The van der Waals surface area contributed by atoms with Crippen LogP contribution in [0.2, 0.25) is 0 Å². The maximum atomic E-state index is 13.0. The number of benzene rings is 1. The largest absolute Gasteiger partial charge is 0.337 e. The molecule has 2 aliphatic rings. The van der Waals surface area contributed by atoms with Gasteiger partial charge in [0.15, 0.2) is 0 Å². The van der Waals surface area contributed by atoms with Gasteiger partial charge >= 0.3 is 0 Å². The highest BCUT2D eigenvalue weighted by Gasteiger charge is 2.27. The Labute approximate surface area is 147 Å². The van der Waals surface area contributed by atoms with Gasteiger partial charge in [0.2, 0.25) is 5.91 Å². The van der Waals surface area contributed by atoms with Crippen molar-refractivity contribution in [3.05, 3.63) is 48.0 Å². The minimum absolute atomic E-state index is 0.0528. The van der Waals surface area contributed by atoms with E-state index >= 15 is 0 Å². The van der Waals surface area contributed by atoms with Crippen LogP contribution in [0.15, 0.2) is 36.9 Å². The van der Waals surface area contributed by atoms with Crippen molar-refractivity contribution in [2.75, 3.05) is 24.5 Å². The molecule has 6 heteroatoms. The molecule has 0 N–H and O–H groups in total. The van der Waals surface area contributed by atoms with Crippen LogP contribution in [-0.4, -0.2) is 45.9 Å². The molecule has 0 saturated carbocycles. The van der Waals surface area contributed by atoms with E-state index in [9.17, 15) is 9.59 Å². The molecule has 25 heavy (non-hydrogen) atoms. The maximum absolute atomic E-state index is 13.0. The summed E-state index contributed by atoms with van der Waals surface area (Å²) in [5.41, 5.74) is 2.75. The molecule has 3 heterocycles. The van der Waals surface area contributed by atoms with Gasteiger partial charge in [-0.15, -0.1) is 0 Å². The SMILES string of the molecule is CC(=O)N1CCc2cc(C(=O)N3CCCC(n4ccnc4)C3)ccc21. The van der Waals surface area contributed by atoms with Crippen molar-refractivity contribution < 1.29 is 9.59 Å². The number of anilines is 1. The van der Waals surface area contributed by atoms with Crippen LogP contribution in [0.25, 0.3) is 0 Å². The zero-order chi connectivity index (χ0) is 17.4. The summed E-state index contributed by atoms with van der Waals surface area (Å²) in [4.78, 5) is 32.4. The van der Waals surface area contributed by atoms with Gasteiger partial charge in [-0.2, -0.15) is 0 Å². The van der Waals surface area contributed by atoms with E-state index < -0.39 is 0 Å². The summed E-state index contributed by atoms with van der Waals surface area (Å²) in [7, 11) is 0. The lowest BCUT2D eigenvalue weighted by Gasteiger charge is -2.33. The molecule has 0 bridgehead atoms. The Balaban J connectivity index is 1.52. The number of imidazole rings is 1. The Morgan fingerprint density at radius 1 is 1.24 bits per heavy atom. The van der Waals surface area contributed by atoms with Crippen molar-refractivity contribution in [2.45, 2.75) is 32.2 Å². The van der Waals surface area contributed by atoms with E-state index in [0.717, 1.165) is 42.6 Å². The molecule has 0 spiro atoms. The number of piperidine rings is 1. The van der Waals surface area contributed by atoms with E-state index in [0.29, 0.717) is 19.1 Å². The summed E-state index contributed by atoms with van der Waals surface area (Å²) >= 11 is 0. The lowest BCUT2D eigenvalue weighted by molar-refractivity contribution is -0.116. The molecule has 1 saturated heterocycles. The zero-order valence-electron chi connectivity index (χ0n) is 14.4. The smallest absolute Gasteiger partial charge is 0.253 e. The fourth-order valence-corrected chi connectivity index (χ4v) is 3.91. The van der Waals surface area contributed by atoms with Crippen molar-refractivity contribution in [3.8, 4) is 0 Å². The number of hydrogen-bond acceptors (Lipinski definition) is 3. The third-order valence-electron chi connectivity index (χ3n) is 5.23. The van der Waals surface area contributed by atoms with Crippen molar-refractivity contribution in [3.63, 3.8) is 0 Å². The fourth-order valence-electron chi connectivity index (χ4n) is 3.91. The van der Waals surface area contributed by atoms with E-state index in [1.165, 1.54) is 0 Å². The number of carbonyl (C=O) groups excluding carboxylic acids is 2. The monoisotopic (exact) mass is 338 g/mol. The Bertz CT molecular complexity index is 800. The molecule has 0 radical (unpaired) electrons. The quantitative estimate of drug-likeness (QED) is 0.844. The summed E-state index contributed by atoms with van der Waals surface area (Å²) in [6.07, 6.45) is 8.44. The van der Waals surface area contributed by atoms with Gasteiger partial charge in [0.05, 0.1) is 12.4 Å². The summed E-state index contributed by atoms with van der Waals surface area (Å²) < 4.78 is 2.09. The lowest BCUT2D eigenvalue weighted by Crippen LogP contribution is -2.40. The van der Waals surface area contributed by atoms with Crippen molar-refractivity contribution in [1.82, 2.24) is 14.5 Å². The topological polar surface area (TPSA) is 58.4 Å². The first kappa shape index (κ1) is 15.9. The number of fused-ring (bicyclic) bond motifs is 1. The zero-order valence-corrected chi connectivity index (χ0v) is 14.4. The van der Waals surface area contributed by atoms with Gasteiger partial charge in [-0.1, -0.05) is 0 Å². The van der Waals surface area contributed by atoms with Gasteiger partial charge < -0.3 is 14.4 Å². The number of amides is 2. The molecule has 1 aromatic heterocycles. The average molecular weight is 338 g/mol. The van der Waals surface area contributed by atoms with E-state index in [1.54, 1.807) is 18.0 Å². The van der Waals surface area contributed by atoms with Crippen LogP contribution in [0, 0.1) is 0 Å². The van der Waals surface area contributed by atoms with Crippen molar-refractivity contribution in [2.24, 2.45) is 0 Å². The maximum Gasteiger partial charge on any atom is 0.253 e. The molecule has 2 aliphatic heterocycles. The number of rotatable bonds is 2. The second-order valence-electron chi connectivity index (χ2n) is 6.82. The van der Waals surface area contributed by atoms with E-state index in [-0.39, 0.29) is 11.8 Å². The summed E-state index contributed by atoms with van der Waals surface area (Å²) in [5, 5.41) is 0. The predicted octanol–water partition coefficient (Wildman–Crippen LogP) is 2.27. The highest BCUT2D eigenvalue weighted by molar-refractivity contribution is 5.98. The first-order valence-corrected chi connectivity index (χ1v) is 8.81. The Morgan fingerprint density at radius 2 is 2.12 bits per heavy atom. The van der Waals surface area contributed by atoms with Gasteiger partial charge in [-0.3, -0.25) is 9.59 Å². The Hall–Kier alpha value is -2.63. The van der Waals surface area contributed by atoms with Crippen LogP contribution in [0.4, 0.5) is 5.69 Å². The number of likely N-dealkylation sites (tertiary alicyclic amines) is 1. The first-order chi connectivity index (χ1) is 12.1. The van der Waals surface area contributed by atoms with E-state index in [4.69, 9.17) is 0 Å². The standard InChI is InChI=1S/C19H22N4O2/c1-14(24)23-9-6-15-11-16(4-5-18(15)23)19(25)21-8-2-3-17(12-21)22-10-7-20-13-22/h4-5,7,10-11,13,17H,2-3,6,8-9,12H2,1H3. The number of carbonyl (C=O) groups is 2. The Kier molecular flexibility index (Phi) is 4.03. The molecule has 4 rings (SSSR count). The summed E-state index contributed by atoms with van der Waals surface area (Å²) in [5.74, 6) is 0.130. The summed E-state index contributed by atoms with van der Waals surface area (Å²) in [6.45, 7) is 3.79. The third-order valence-corrected chi connectivity index (χ3v) is 5.23. The molecule has 1 atom stereocenters. The van der Waals surface area contributed by atoms with Crippen LogP contribution in [-0.2, 0) is 11.2 Å². The normalized spacial score (nSPS) is 19.8. The van der Waals surface area contributed by atoms with Gasteiger partial charge in [0.25, 0.3) is 5.91 Å². The predicted molar refractivity (Wildman–Crippen MR) is 94.6 cm³/mol. The molecule has 6 nitrogen and oxygen atoms in total. The van der Waals surface area contributed by atoms with E-state index in [1.807, 2.05) is 35.6 Å². The van der Waals surface area contributed by atoms with Crippen LogP contribution in [0.1, 0.15) is 41.7 Å². The molecule has 1 unspecified atom stereocenters. The van der Waals surface area contributed by atoms with Crippen LogP contribution >= 0.6 is 0 Å². The summed E-state index contributed by atoms with van der Waals surface area (Å²) in [6, 6.07) is 6.02. The molecule has 2 amide bonds. The fraction of sp³-hybridized carbons (Fsp3) is 0.421. The van der Waals surface area contributed by atoms with Gasteiger partial charge in [0, 0.05) is 50.2 Å². The van der Waals surface area contributed by atoms with Gasteiger partial charge in [-0.05, 0) is 43.0 Å². The second-order valence-corrected chi connectivity index (χ2v) is 6.82. The van der Waals surface area contributed by atoms with Crippen LogP contribution in [0.3, 0.4) is 0 Å². The second kappa shape index (κ2) is 6.35. The molecular weight excluding hydrogens is 316 g/mol. The molecule has 1 fully saturated rings. The van der Waals surface area contributed by atoms with Gasteiger partial charge in [0.1, 0.15) is 0 Å².